The van der Waals surface area contributed by atoms with Gasteiger partial charge in [-0.1, -0.05) is 48.5 Å². The minimum Gasteiger partial charge on any atom is -0.479 e. The average Bonchev–Trinajstić information content (AvgIpc) is 3.59. The second-order valence-electron chi connectivity index (χ2n) is 8.51. The number of alkyl carbamates (subject to hydrolysis) is 1. The fourth-order valence-corrected chi connectivity index (χ4v) is 4.13. The van der Waals surface area contributed by atoms with Crippen molar-refractivity contribution in [3.8, 4) is 11.1 Å². The summed E-state index contributed by atoms with van der Waals surface area (Å²) < 4.78 is 45.5. The van der Waals surface area contributed by atoms with Gasteiger partial charge in [-0.2, -0.15) is 13.2 Å². The summed E-state index contributed by atoms with van der Waals surface area (Å²) >= 11 is 0. The molecule has 11 heteroatoms. The molecule has 2 unspecified atom stereocenters. The fraction of sp³-hybridized carbons (Fsp3) is 0.375. The van der Waals surface area contributed by atoms with Crippen LogP contribution in [0.1, 0.15) is 36.3 Å². The van der Waals surface area contributed by atoms with Gasteiger partial charge in [-0.05, 0) is 41.0 Å². The van der Waals surface area contributed by atoms with Crippen molar-refractivity contribution in [2.45, 2.75) is 43.5 Å². The smallest absolute Gasteiger partial charge is 0.409 e. The Balaban J connectivity index is 1.34. The summed E-state index contributed by atoms with van der Waals surface area (Å²) in [5, 5.41) is 10.8. The molecule has 2 amide bonds. The molecule has 0 aliphatic heterocycles. The number of hydroxylamine groups is 1. The molecular weight excluding hydrogens is 469 g/mol. The molecule has 0 bridgehead atoms. The largest absolute Gasteiger partial charge is 0.479 e. The van der Waals surface area contributed by atoms with Gasteiger partial charge in [-0.15, -0.1) is 0 Å². The Morgan fingerprint density at radius 2 is 1.57 bits per heavy atom. The van der Waals surface area contributed by atoms with E-state index in [1.165, 1.54) is 0 Å². The van der Waals surface area contributed by atoms with E-state index < -0.39 is 42.7 Å². The molecule has 2 aliphatic carbocycles. The minimum atomic E-state index is -4.95. The van der Waals surface area contributed by atoms with Crippen LogP contribution < -0.4 is 10.8 Å². The Hall–Kier alpha value is -3.60. The summed E-state index contributed by atoms with van der Waals surface area (Å²) in [5.41, 5.74) is 5.47. The lowest BCUT2D eigenvalue weighted by Gasteiger charge is -2.22. The highest BCUT2D eigenvalue weighted by Crippen LogP contribution is 2.44. The molecule has 2 aromatic carbocycles. The number of carboxylic acids is 1. The highest BCUT2D eigenvalue weighted by molar-refractivity contribution is 5.80. The summed E-state index contributed by atoms with van der Waals surface area (Å²) in [6, 6.07) is 12.4. The Morgan fingerprint density at radius 3 is 2.09 bits per heavy atom. The number of aliphatic carboxylic acids is 1. The zero-order valence-electron chi connectivity index (χ0n) is 18.4. The van der Waals surface area contributed by atoms with E-state index in [2.05, 4.69) is 0 Å². The topological polar surface area (TPSA) is 114 Å². The van der Waals surface area contributed by atoms with E-state index in [-0.39, 0.29) is 18.4 Å². The van der Waals surface area contributed by atoms with Gasteiger partial charge in [-0.3, -0.25) is 9.63 Å². The van der Waals surface area contributed by atoms with Gasteiger partial charge in [-0.25, -0.2) is 15.1 Å². The summed E-state index contributed by atoms with van der Waals surface area (Å²) in [7, 11) is 0. The number of amides is 2. The second-order valence-corrected chi connectivity index (χ2v) is 8.51. The van der Waals surface area contributed by atoms with E-state index >= 15 is 0 Å². The van der Waals surface area contributed by atoms with E-state index in [4.69, 9.17) is 14.7 Å². The molecule has 2 aliphatic rings. The number of rotatable bonds is 9. The second kappa shape index (κ2) is 9.95. The van der Waals surface area contributed by atoms with Crippen molar-refractivity contribution in [2.24, 2.45) is 5.92 Å². The summed E-state index contributed by atoms with van der Waals surface area (Å²) in [4.78, 5) is 40.1. The summed E-state index contributed by atoms with van der Waals surface area (Å²) in [6.07, 6.45) is -7.65. The molecule has 0 saturated heterocycles. The van der Waals surface area contributed by atoms with Gasteiger partial charge >= 0.3 is 18.2 Å². The van der Waals surface area contributed by atoms with Crippen LogP contribution in [0, 0.1) is 5.92 Å². The lowest BCUT2D eigenvalue weighted by Crippen LogP contribution is -2.49. The number of halogens is 3. The van der Waals surface area contributed by atoms with Crippen LogP contribution in [0.15, 0.2) is 48.5 Å². The standard InChI is InChI=1S/C24H23F3N2O6/c25-24(26,27)19(11-20(30)29-35-21(22(31)32)13-9-10-13)28-23(33)34-12-18-16-7-3-1-5-14(16)15-6-2-4-8-17(15)18/h1-8,13,18-19,21H,9-12H2,(H,28,33)(H,29,30)(H,31,32). The van der Waals surface area contributed by atoms with Crippen LogP contribution in [0.5, 0.6) is 0 Å². The van der Waals surface area contributed by atoms with Crippen molar-refractivity contribution in [3.63, 3.8) is 0 Å². The zero-order chi connectivity index (χ0) is 25.2. The first-order valence-corrected chi connectivity index (χ1v) is 11.0. The van der Waals surface area contributed by atoms with Crippen LogP contribution in [0.4, 0.5) is 18.0 Å². The minimum absolute atomic E-state index is 0.193. The maximum atomic E-state index is 13.5. The van der Waals surface area contributed by atoms with Crippen molar-refractivity contribution in [2.75, 3.05) is 6.61 Å². The van der Waals surface area contributed by atoms with E-state index in [9.17, 15) is 27.6 Å². The fourth-order valence-electron chi connectivity index (χ4n) is 4.13. The SMILES string of the molecule is O=C(CC(NC(=O)OCC1c2ccccc2-c2ccccc21)C(F)(F)F)NOC(C(=O)O)C1CC1. The molecule has 0 spiro atoms. The van der Waals surface area contributed by atoms with Gasteiger partial charge in [0.25, 0.3) is 0 Å². The van der Waals surface area contributed by atoms with Crippen LogP contribution in [-0.4, -0.2) is 48.0 Å². The maximum absolute atomic E-state index is 13.5. The molecule has 0 heterocycles. The van der Waals surface area contributed by atoms with Crippen molar-refractivity contribution in [1.29, 1.82) is 0 Å². The first-order chi connectivity index (χ1) is 16.6. The van der Waals surface area contributed by atoms with Crippen molar-refractivity contribution in [1.82, 2.24) is 10.8 Å². The number of carbonyl (C=O) groups is 3. The number of ether oxygens (including phenoxy) is 1. The molecule has 2 atom stereocenters. The quantitative estimate of drug-likeness (QED) is 0.460. The number of carboxylic acid groups (broad SMARTS) is 1. The Labute approximate surface area is 198 Å². The van der Waals surface area contributed by atoms with E-state index in [1.807, 2.05) is 48.5 Å². The van der Waals surface area contributed by atoms with Gasteiger partial charge < -0.3 is 15.2 Å². The molecule has 4 rings (SSSR count). The summed E-state index contributed by atoms with van der Waals surface area (Å²) in [6.45, 7) is -0.193. The number of hydrogen-bond donors (Lipinski definition) is 3. The first-order valence-electron chi connectivity index (χ1n) is 11.0. The number of fused-ring (bicyclic) bond motifs is 3. The monoisotopic (exact) mass is 492 g/mol. The van der Waals surface area contributed by atoms with Gasteiger partial charge in [0.05, 0.1) is 6.42 Å². The molecule has 8 nitrogen and oxygen atoms in total. The molecule has 35 heavy (non-hydrogen) atoms. The first kappa shape index (κ1) is 24.5. The number of hydrogen-bond acceptors (Lipinski definition) is 5. The van der Waals surface area contributed by atoms with Gasteiger partial charge in [0, 0.05) is 5.92 Å². The van der Waals surface area contributed by atoms with Crippen molar-refractivity contribution >= 4 is 18.0 Å². The third-order valence-electron chi connectivity index (χ3n) is 6.01. The highest BCUT2D eigenvalue weighted by Gasteiger charge is 2.43. The molecular formula is C24H23F3N2O6. The predicted octanol–water partition coefficient (Wildman–Crippen LogP) is 3.76. The molecule has 1 fully saturated rings. The normalized spacial score (nSPS) is 16.5. The molecule has 0 radical (unpaired) electrons. The van der Waals surface area contributed by atoms with Crippen LogP contribution in [-0.2, 0) is 19.2 Å². The number of carbonyl (C=O) groups excluding carboxylic acids is 2. The summed E-state index contributed by atoms with van der Waals surface area (Å²) in [5.74, 6) is -3.19. The molecule has 0 aromatic heterocycles. The highest BCUT2D eigenvalue weighted by atomic mass is 19.4. The third-order valence-corrected chi connectivity index (χ3v) is 6.01. The average molecular weight is 492 g/mol. The Kier molecular flexibility index (Phi) is 6.97. The van der Waals surface area contributed by atoms with E-state index in [1.54, 1.807) is 10.8 Å². The Morgan fingerprint density at radius 1 is 1.00 bits per heavy atom. The lowest BCUT2D eigenvalue weighted by molar-refractivity contribution is -0.171. The zero-order valence-corrected chi connectivity index (χ0v) is 18.4. The molecule has 1 saturated carbocycles. The van der Waals surface area contributed by atoms with Crippen LogP contribution in [0.2, 0.25) is 0 Å². The van der Waals surface area contributed by atoms with Crippen LogP contribution in [0.3, 0.4) is 0 Å². The number of alkyl halides is 3. The van der Waals surface area contributed by atoms with Gasteiger partial charge in [0.2, 0.25) is 5.91 Å². The number of nitrogens with one attached hydrogen (secondary N) is 2. The van der Waals surface area contributed by atoms with Crippen LogP contribution in [0.25, 0.3) is 11.1 Å². The molecule has 186 valence electrons. The van der Waals surface area contributed by atoms with Crippen molar-refractivity contribution < 1.29 is 42.2 Å². The van der Waals surface area contributed by atoms with Gasteiger partial charge in [0.15, 0.2) is 6.10 Å². The molecule has 3 N–H and O–H groups in total. The van der Waals surface area contributed by atoms with Gasteiger partial charge in [0.1, 0.15) is 12.6 Å². The van der Waals surface area contributed by atoms with E-state index in [0.29, 0.717) is 12.8 Å². The van der Waals surface area contributed by atoms with Crippen molar-refractivity contribution in [3.05, 3.63) is 59.7 Å². The Bertz CT molecular complexity index is 1070. The lowest BCUT2D eigenvalue weighted by atomic mass is 9.98. The third kappa shape index (κ3) is 5.73. The predicted molar refractivity (Wildman–Crippen MR) is 116 cm³/mol. The van der Waals surface area contributed by atoms with Crippen LogP contribution >= 0.6 is 0 Å². The van der Waals surface area contributed by atoms with E-state index in [0.717, 1.165) is 22.3 Å². The molecule has 2 aromatic rings. The maximum Gasteiger partial charge on any atom is 0.409 e. The number of benzene rings is 2.